The van der Waals surface area contributed by atoms with Gasteiger partial charge in [0.25, 0.3) is 5.91 Å². The third-order valence-corrected chi connectivity index (χ3v) is 3.69. The Balaban J connectivity index is 2.03. The van der Waals surface area contributed by atoms with Gasteiger partial charge in [-0.2, -0.15) is 0 Å². The van der Waals surface area contributed by atoms with E-state index in [0.717, 1.165) is 28.8 Å². The summed E-state index contributed by atoms with van der Waals surface area (Å²) in [6.07, 6.45) is 5.26. The molecule has 0 fully saturated rings. The Morgan fingerprint density at radius 2 is 2.10 bits per heavy atom. The van der Waals surface area contributed by atoms with Gasteiger partial charge in [-0.1, -0.05) is 42.0 Å². The minimum Gasteiger partial charge on any atom is -0.298 e. The zero-order valence-corrected chi connectivity index (χ0v) is 12.9. The van der Waals surface area contributed by atoms with E-state index in [1.807, 2.05) is 39.0 Å². The first-order valence-corrected chi connectivity index (χ1v) is 7.14. The molecule has 3 nitrogen and oxygen atoms in total. The van der Waals surface area contributed by atoms with Crippen molar-refractivity contribution in [1.29, 1.82) is 0 Å². The molecular formula is C18H22N2O. The SMILES string of the molecule is C=C(C)C1C=C(NNC(=O)c2cccc(C)c2)C(C)=CC1. The molecular weight excluding hydrogens is 260 g/mol. The number of rotatable bonds is 4. The molecule has 0 heterocycles. The summed E-state index contributed by atoms with van der Waals surface area (Å²) < 4.78 is 0. The monoisotopic (exact) mass is 282 g/mol. The standard InChI is InChI=1S/C18H22N2O/c1-12(2)15-9-8-14(4)17(11-15)19-20-18(21)16-7-5-6-13(3)10-16/h5-8,10-11,15,19H,1,9H2,2-4H3,(H,20,21). The predicted octanol–water partition coefficient (Wildman–Crippen LogP) is 3.66. The van der Waals surface area contributed by atoms with Gasteiger partial charge in [0.15, 0.2) is 0 Å². The highest BCUT2D eigenvalue weighted by molar-refractivity contribution is 5.94. The molecule has 0 spiro atoms. The van der Waals surface area contributed by atoms with Crippen LogP contribution in [0.3, 0.4) is 0 Å². The fourth-order valence-corrected chi connectivity index (χ4v) is 2.28. The van der Waals surface area contributed by atoms with Crippen LogP contribution in [-0.4, -0.2) is 5.91 Å². The lowest BCUT2D eigenvalue weighted by Crippen LogP contribution is -2.37. The maximum Gasteiger partial charge on any atom is 0.269 e. The molecule has 1 amide bonds. The van der Waals surface area contributed by atoms with Crippen molar-refractivity contribution in [2.45, 2.75) is 27.2 Å². The van der Waals surface area contributed by atoms with Crippen molar-refractivity contribution in [3.63, 3.8) is 0 Å². The van der Waals surface area contributed by atoms with Crippen molar-refractivity contribution in [3.05, 3.63) is 71.0 Å². The first kappa shape index (κ1) is 15.1. The number of aryl methyl sites for hydroxylation is 1. The first-order chi connectivity index (χ1) is 9.97. The summed E-state index contributed by atoms with van der Waals surface area (Å²) in [5.74, 6) is 0.192. The number of hydrogen-bond donors (Lipinski definition) is 2. The lowest BCUT2D eigenvalue weighted by atomic mass is 9.90. The first-order valence-electron chi connectivity index (χ1n) is 7.14. The van der Waals surface area contributed by atoms with E-state index in [0.29, 0.717) is 11.5 Å². The molecule has 1 aromatic rings. The Morgan fingerprint density at radius 3 is 2.76 bits per heavy atom. The summed E-state index contributed by atoms with van der Waals surface area (Å²) in [7, 11) is 0. The van der Waals surface area contributed by atoms with Gasteiger partial charge in [-0.25, -0.2) is 0 Å². The highest BCUT2D eigenvalue weighted by Crippen LogP contribution is 2.25. The maximum absolute atomic E-state index is 12.1. The molecule has 0 aliphatic heterocycles. The van der Waals surface area contributed by atoms with E-state index in [1.54, 1.807) is 6.07 Å². The Bertz CT molecular complexity index is 626. The highest BCUT2D eigenvalue weighted by Gasteiger charge is 2.14. The van der Waals surface area contributed by atoms with Gasteiger partial charge in [0, 0.05) is 11.5 Å². The van der Waals surface area contributed by atoms with Crippen LogP contribution >= 0.6 is 0 Å². The van der Waals surface area contributed by atoms with Gasteiger partial charge in [-0.15, -0.1) is 0 Å². The van der Waals surface area contributed by atoms with E-state index in [9.17, 15) is 4.79 Å². The number of amides is 1. The average Bonchev–Trinajstić information content (AvgIpc) is 2.45. The molecule has 1 aliphatic carbocycles. The number of hydrazine groups is 1. The normalized spacial score (nSPS) is 17.6. The van der Waals surface area contributed by atoms with Gasteiger partial charge in [-0.05, 0) is 44.9 Å². The smallest absolute Gasteiger partial charge is 0.269 e. The van der Waals surface area contributed by atoms with Crippen molar-refractivity contribution < 1.29 is 4.79 Å². The second-order valence-corrected chi connectivity index (χ2v) is 5.60. The van der Waals surface area contributed by atoms with E-state index in [1.165, 1.54) is 0 Å². The van der Waals surface area contributed by atoms with Crippen LogP contribution in [0.15, 0.2) is 59.8 Å². The van der Waals surface area contributed by atoms with E-state index in [-0.39, 0.29) is 5.91 Å². The Hall–Kier alpha value is -2.29. The molecule has 1 unspecified atom stereocenters. The van der Waals surface area contributed by atoms with Crippen molar-refractivity contribution >= 4 is 5.91 Å². The molecule has 0 radical (unpaired) electrons. The van der Waals surface area contributed by atoms with Crippen LogP contribution < -0.4 is 10.9 Å². The molecule has 0 bridgehead atoms. The molecule has 110 valence electrons. The lowest BCUT2D eigenvalue weighted by Gasteiger charge is -2.21. The summed E-state index contributed by atoms with van der Waals surface area (Å²) in [6.45, 7) is 10.0. The molecule has 21 heavy (non-hydrogen) atoms. The van der Waals surface area contributed by atoms with Gasteiger partial charge >= 0.3 is 0 Å². The van der Waals surface area contributed by atoms with E-state index in [4.69, 9.17) is 0 Å². The van der Waals surface area contributed by atoms with Crippen molar-refractivity contribution in [1.82, 2.24) is 10.9 Å². The Kier molecular flexibility index (Phi) is 4.63. The minimum atomic E-state index is -0.134. The molecule has 1 aromatic carbocycles. The summed E-state index contributed by atoms with van der Waals surface area (Å²) in [4.78, 5) is 12.1. The van der Waals surface area contributed by atoms with Crippen molar-refractivity contribution in [2.24, 2.45) is 5.92 Å². The molecule has 0 saturated carbocycles. The number of carbonyl (C=O) groups excluding carboxylic acids is 1. The number of benzene rings is 1. The predicted molar refractivity (Wildman–Crippen MR) is 86.5 cm³/mol. The largest absolute Gasteiger partial charge is 0.298 e. The number of allylic oxidation sites excluding steroid dienone is 4. The van der Waals surface area contributed by atoms with Crippen molar-refractivity contribution in [3.8, 4) is 0 Å². The third kappa shape index (κ3) is 3.85. The fraction of sp³-hybridized carbons (Fsp3) is 0.278. The molecule has 3 heteroatoms. The summed E-state index contributed by atoms with van der Waals surface area (Å²) in [5.41, 5.74) is 10.7. The van der Waals surface area contributed by atoms with Gasteiger partial charge in [-0.3, -0.25) is 15.6 Å². The van der Waals surface area contributed by atoms with Crippen molar-refractivity contribution in [2.75, 3.05) is 0 Å². The summed E-state index contributed by atoms with van der Waals surface area (Å²) >= 11 is 0. The number of hydrogen-bond acceptors (Lipinski definition) is 2. The topological polar surface area (TPSA) is 41.1 Å². The van der Waals surface area contributed by atoms with Crippen LogP contribution in [0.1, 0.15) is 36.2 Å². The zero-order chi connectivity index (χ0) is 15.4. The summed E-state index contributed by atoms with van der Waals surface area (Å²) in [5, 5.41) is 0. The second kappa shape index (κ2) is 6.44. The Morgan fingerprint density at radius 1 is 1.33 bits per heavy atom. The van der Waals surface area contributed by atoms with Crippen LogP contribution in [0.5, 0.6) is 0 Å². The van der Waals surface area contributed by atoms with Crippen LogP contribution in [-0.2, 0) is 0 Å². The van der Waals surface area contributed by atoms with E-state index in [2.05, 4.69) is 29.6 Å². The average molecular weight is 282 g/mol. The van der Waals surface area contributed by atoms with E-state index >= 15 is 0 Å². The quantitative estimate of drug-likeness (QED) is 0.653. The fourth-order valence-electron chi connectivity index (χ4n) is 2.28. The minimum absolute atomic E-state index is 0.134. The summed E-state index contributed by atoms with van der Waals surface area (Å²) in [6, 6.07) is 7.52. The van der Waals surface area contributed by atoms with Gasteiger partial charge in [0.1, 0.15) is 0 Å². The number of nitrogens with one attached hydrogen (secondary N) is 2. The second-order valence-electron chi connectivity index (χ2n) is 5.60. The molecule has 2 N–H and O–H groups in total. The zero-order valence-electron chi connectivity index (χ0n) is 12.9. The molecule has 1 atom stereocenters. The van der Waals surface area contributed by atoms with E-state index < -0.39 is 0 Å². The third-order valence-electron chi connectivity index (χ3n) is 3.69. The van der Waals surface area contributed by atoms with Gasteiger partial charge < -0.3 is 0 Å². The van der Waals surface area contributed by atoms with Crippen LogP contribution in [0.25, 0.3) is 0 Å². The highest BCUT2D eigenvalue weighted by atomic mass is 16.2. The van der Waals surface area contributed by atoms with Crippen LogP contribution in [0, 0.1) is 12.8 Å². The van der Waals surface area contributed by atoms with Gasteiger partial charge in [0.05, 0.1) is 5.70 Å². The lowest BCUT2D eigenvalue weighted by molar-refractivity contribution is 0.0939. The molecule has 1 aliphatic rings. The number of carbonyl (C=O) groups is 1. The molecule has 0 aromatic heterocycles. The maximum atomic E-state index is 12.1. The molecule has 2 rings (SSSR count). The van der Waals surface area contributed by atoms with Crippen LogP contribution in [0.4, 0.5) is 0 Å². The van der Waals surface area contributed by atoms with Crippen LogP contribution in [0.2, 0.25) is 0 Å². The Labute approximate surface area is 126 Å². The molecule has 0 saturated heterocycles. The van der Waals surface area contributed by atoms with Gasteiger partial charge in [0.2, 0.25) is 0 Å².